The van der Waals surface area contributed by atoms with E-state index in [1.165, 1.54) is 24.5 Å². The number of guanidine groups is 2. The smallest absolute Gasteiger partial charge is 0.242 e. The summed E-state index contributed by atoms with van der Waals surface area (Å²) in [6, 6.07) is 10.7. The number of hydrogen-bond donors (Lipinski definition) is 2. The van der Waals surface area contributed by atoms with Gasteiger partial charge < -0.3 is 11.5 Å². The lowest BCUT2D eigenvalue weighted by atomic mass is 10.0. The Hall–Kier alpha value is -2.33. The van der Waals surface area contributed by atoms with Gasteiger partial charge in [-0.1, -0.05) is 35.3 Å². The van der Waals surface area contributed by atoms with Gasteiger partial charge in [0.2, 0.25) is 21.9 Å². The maximum atomic E-state index is 12.3. The number of nitrogens with two attached hydrogens (primary N) is 2. The van der Waals surface area contributed by atoms with Gasteiger partial charge >= 0.3 is 0 Å². The van der Waals surface area contributed by atoms with E-state index in [2.05, 4.69) is 9.98 Å². The molecule has 1 heterocycles. The van der Waals surface area contributed by atoms with Crippen LogP contribution in [0.2, 0.25) is 10.0 Å². The Morgan fingerprint density at radius 3 is 2.03 bits per heavy atom. The summed E-state index contributed by atoms with van der Waals surface area (Å²) in [7, 11) is -0.516. The minimum Gasteiger partial charge on any atom is -0.369 e. The number of halogens is 2. The molecule has 0 saturated carbocycles. The number of sulfonamides is 1. The van der Waals surface area contributed by atoms with E-state index in [4.69, 9.17) is 34.7 Å². The summed E-state index contributed by atoms with van der Waals surface area (Å²) in [6.45, 7) is 3.80. The predicted molar refractivity (Wildman–Crippen MR) is 140 cm³/mol. The van der Waals surface area contributed by atoms with Crippen LogP contribution in [0, 0.1) is 0 Å². The van der Waals surface area contributed by atoms with Crippen LogP contribution in [0.25, 0.3) is 0 Å². The van der Waals surface area contributed by atoms with Crippen LogP contribution in [-0.4, -0.2) is 44.4 Å². The van der Waals surface area contributed by atoms with E-state index >= 15 is 0 Å². The number of hydrogen-bond acceptors (Lipinski definition) is 7. The zero-order valence-corrected chi connectivity index (χ0v) is 22.0. The molecule has 184 valence electrons. The maximum absolute atomic E-state index is 12.3. The van der Waals surface area contributed by atoms with Gasteiger partial charge in [0.05, 0.1) is 4.90 Å². The molecule has 1 aliphatic rings. The number of aliphatic imine (C=N–C) groups is 2. The lowest BCUT2D eigenvalue weighted by molar-refractivity contribution is 0.520. The number of unbranched alkanes of at least 4 members (excludes halogenated alkanes) is 1. The van der Waals surface area contributed by atoms with Crippen molar-refractivity contribution in [2.75, 3.05) is 19.0 Å². The molecule has 4 N–H and O–H groups in total. The Kier molecular flexibility index (Phi) is 7.82. The first-order valence-corrected chi connectivity index (χ1v) is 13.0. The zero-order chi connectivity index (χ0) is 25.3. The van der Waals surface area contributed by atoms with Crippen molar-refractivity contribution in [2.24, 2.45) is 21.5 Å². The monoisotopic (exact) mass is 524 g/mol. The van der Waals surface area contributed by atoms with Crippen LogP contribution in [0.15, 0.2) is 51.3 Å². The van der Waals surface area contributed by atoms with E-state index < -0.39 is 15.7 Å². The summed E-state index contributed by atoms with van der Waals surface area (Å²) in [6.07, 6.45) is 3.31. The Labute approximate surface area is 211 Å². The van der Waals surface area contributed by atoms with E-state index in [9.17, 15) is 8.42 Å². The highest BCUT2D eigenvalue weighted by molar-refractivity contribution is 7.89. The Balaban J connectivity index is 1.62. The average Bonchev–Trinajstić information content (AvgIpc) is 2.71. The quantitative estimate of drug-likeness (QED) is 0.506. The van der Waals surface area contributed by atoms with Crippen molar-refractivity contribution in [3.05, 3.63) is 57.6 Å². The number of rotatable bonds is 8. The zero-order valence-electron chi connectivity index (χ0n) is 19.7. The highest BCUT2D eigenvalue weighted by atomic mass is 35.5. The normalized spacial score (nSPS) is 15.9. The van der Waals surface area contributed by atoms with Crippen LogP contribution in [0.5, 0.6) is 0 Å². The summed E-state index contributed by atoms with van der Waals surface area (Å²) in [5.41, 5.74) is 13.9. The van der Waals surface area contributed by atoms with Crippen molar-refractivity contribution in [1.82, 2.24) is 4.31 Å². The van der Waals surface area contributed by atoms with Crippen LogP contribution in [0.3, 0.4) is 0 Å². The third-order valence-corrected chi connectivity index (χ3v) is 8.15. The third kappa shape index (κ3) is 5.66. The molecule has 34 heavy (non-hydrogen) atoms. The summed E-state index contributed by atoms with van der Waals surface area (Å²) < 4.78 is 25.7. The standard InChI is InChI=1S/C23H30Cl2N6O2S/c1-23(2)29-21(26)28-22(27)31(23)17-11-9-15(19(24)13-17)7-5-6-8-16-10-12-18(14-20(16)25)34(32,33)30(3)4/h9-14H,5-8H2,1-4H3,(H4,26,27,28,29). The summed E-state index contributed by atoms with van der Waals surface area (Å²) >= 11 is 12.9. The molecule has 1 aliphatic heterocycles. The van der Waals surface area contributed by atoms with Crippen LogP contribution in [0.4, 0.5) is 5.69 Å². The number of benzene rings is 2. The molecule has 0 fully saturated rings. The summed E-state index contributed by atoms with van der Waals surface area (Å²) in [5, 5.41) is 1.09. The lowest BCUT2D eigenvalue weighted by Crippen LogP contribution is -2.54. The van der Waals surface area contributed by atoms with Gasteiger partial charge in [-0.3, -0.25) is 4.90 Å². The number of anilines is 1. The lowest BCUT2D eigenvalue weighted by Gasteiger charge is -2.38. The molecule has 0 unspecified atom stereocenters. The SMILES string of the molecule is CN(C)S(=O)(=O)c1ccc(CCCCc2ccc(N3C(N)=NC(N)=NC3(C)C)cc2Cl)c(Cl)c1. The molecular weight excluding hydrogens is 495 g/mol. The van der Waals surface area contributed by atoms with Gasteiger partial charge in [-0.25, -0.2) is 17.7 Å². The Bertz CT molecular complexity index is 1240. The van der Waals surface area contributed by atoms with E-state index in [1.807, 2.05) is 32.0 Å². The van der Waals surface area contributed by atoms with Gasteiger partial charge in [0.15, 0.2) is 0 Å². The predicted octanol–water partition coefficient (Wildman–Crippen LogP) is 3.99. The van der Waals surface area contributed by atoms with Crippen LogP contribution in [-0.2, 0) is 22.9 Å². The number of nitrogens with zero attached hydrogens (tertiary/aromatic N) is 4. The molecule has 0 atom stereocenters. The first-order chi connectivity index (χ1) is 15.8. The van der Waals surface area contributed by atoms with E-state index in [0.29, 0.717) is 10.0 Å². The minimum atomic E-state index is -3.51. The fourth-order valence-corrected chi connectivity index (χ4v) is 5.40. The van der Waals surface area contributed by atoms with Gasteiger partial charge in [0, 0.05) is 29.8 Å². The number of aryl methyl sites for hydroxylation is 2. The Morgan fingerprint density at radius 2 is 1.53 bits per heavy atom. The average molecular weight is 526 g/mol. The molecule has 0 bridgehead atoms. The largest absolute Gasteiger partial charge is 0.369 e. The molecule has 3 rings (SSSR count). The summed E-state index contributed by atoms with van der Waals surface area (Å²) in [4.78, 5) is 10.4. The second-order valence-corrected chi connectivity index (χ2v) is 11.8. The molecule has 2 aromatic rings. The molecule has 0 aliphatic carbocycles. The van der Waals surface area contributed by atoms with Crippen molar-refractivity contribution >= 4 is 50.8 Å². The fourth-order valence-electron chi connectivity index (χ4n) is 3.86. The molecule has 11 heteroatoms. The maximum Gasteiger partial charge on any atom is 0.242 e. The first kappa shape index (κ1) is 26.3. The van der Waals surface area contributed by atoms with Gasteiger partial charge in [-0.05, 0) is 74.9 Å². The van der Waals surface area contributed by atoms with Gasteiger partial charge in [-0.2, -0.15) is 4.99 Å². The van der Waals surface area contributed by atoms with E-state index in [0.717, 1.165) is 42.5 Å². The van der Waals surface area contributed by atoms with Crippen LogP contribution < -0.4 is 16.4 Å². The Morgan fingerprint density at radius 1 is 0.971 bits per heavy atom. The van der Waals surface area contributed by atoms with Crippen molar-refractivity contribution in [1.29, 1.82) is 0 Å². The molecule has 0 spiro atoms. The second kappa shape index (κ2) is 10.1. The molecule has 0 aromatic heterocycles. The topological polar surface area (TPSA) is 117 Å². The van der Waals surface area contributed by atoms with Crippen molar-refractivity contribution in [2.45, 2.75) is 50.1 Å². The highest BCUT2D eigenvalue weighted by Crippen LogP contribution is 2.31. The first-order valence-electron chi connectivity index (χ1n) is 10.8. The molecule has 0 amide bonds. The minimum absolute atomic E-state index is 0.149. The van der Waals surface area contributed by atoms with Crippen molar-refractivity contribution in [3.8, 4) is 0 Å². The van der Waals surface area contributed by atoms with Crippen molar-refractivity contribution in [3.63, 3.8) is 0 Å². The second-order valence-electron chi connectivity index (χ2n) is 8.79. The summed E-state index contributed by atoms with van der Waals surface area (Å²) in [5.74, 6) is 0.415. The van der Waals surface area contributed by atoms with Gasteiger partial charge in [-0.15, -0.1) is 0 Å². The molecule has 0 radical (unpaired) electrons. The molecule has 2 aromatic carbocycles. The molecule has 0 saturated heterocycles. The van der Waals surface area contributed by atoms with E-state index in [1.54, 1.807) is 17.0 Å². The molecular formula is C23H30Cl2N6O2S. The highest BCUT2D eigenvalue weighted by Gasteiger charge is 2.33. The third-order valence-electron chi connectivity index (χ3n) is 5.63. The van der Waals surface area contributed by atoms with Crippen molar-refractivity contribution < 1.29 is 8.42 Å². The fraction of sp³-hybridized carbons (Fsp3) is 0.391. The van der Waals surface area contributed by atoms with E-state index in [-0.39, 0.29) is 16.8 Å². The molecule has 8 nitrogen and oxygen atoms in total. The van der Waals surface area contributed by atoms with Crippen LogP contribution in [0.1, 0.15) is 37.8 Å². The van der Waals surface area contributed by atoms with Gasteiger partial charge in [0.25, 0.3) is 0 Å². The van der Waals surface area contributed by atoms with Crippen LogP contribution >= 0.6 is 23.2 Å². The van der Waals surface area contributed by atoms with Gasteiger partial charge in [0.1, 0.15) is 5.66 Å².